The Morgan fingerprint density at radius 1 is 1.17 bits per heavy atom. The van der Waals surface area contributed by atoms with Crippen LogP contribution in [0.4, 0.5) is 24.8 Å². The summed E-state index contributed by atoms with van der Waals surface area (Å²) in [5.74, 6) is 0.679. The number of benzene rings is 1. The molecule has 0 atom stereocenters. The molecule has 3 heterocycles. The predicted molar refractivity (Wildman–Crippen MR) is 114 cm³/mol. The second-order valence-electron chi connectivity index (χ2n) is 7.52. The third-order valence-corrected chi connectivity index (χ3v) is 7.20. The van der Waals surface area contributed by atoms with E-state index < -0.39 is 11.7 Å². The van der Waals surface area contributed by atoms with Gasteiger partial charge in [0.15, 0.2) is 0 Å². The molecule has 0 amide bonds. The van der Waals surface area contributed by atoms with Crippen LogP contribution in [-0.2, 0) is 19.3 Å². The zero-order chi connectivity index (χ0) is 20.9. The Kier molecular flexibility index (Phi) is 4.99. The molecule has 3 aromatic rings. The number of alkyl halides is 3. The number of thiophene rings is 1. The van der Waals surface area contributed by atoms with Crippen molar-refractivity contribution in [2.45, 2.75) is 42.9 Å². The number of anilines is 2. The van der Waals surface area contributed by atoms with E-state index in [4.69, 9.17) is 0 Å². The van der Waals surface area contributed by atoms with E-state index in [9.17, 15) is 13.2 Å². The Morgan fingerprint density at radius 2 is 1.93 bits per heavy atom. The minimum absolute atomic E-state index is 0.0823. The molecule has 1 aliphatic carbocycles. The second kappa shape index (κ2) is 7.55. The number of hydrogen-bond acceptors (Lipinski definition) is 6. The topological polar surface area (TPSA) is 49.8 Å². The maximum atomic E-state index is 13.6. The third-order valence-electron chi connectivity index (χ3n) is 5.40. The molecule has 4 nitrogen and oxygen atoms in total. The first-order valence-electron chi connectivity index (χ1n) is 9.63. The van der Waals surface area contributed by atoms with Gasteiger partial charge in [-0.15, -0.1) is 23.1 Å². The first-order valence-corrected chi connectivity index (χ1v) is 11.7. The minimum Gasteiger partial charge on any atom is -0.324 e. The summed E-state index contributed by atoms with van der Waals surface area (Å²) in [4.78, 5) is 9.72. The number of thioether (sulfide) groups is 1. The monoisotopic (exact) mass is 448 g/mol. The van der Waals surface area contributed by atoms with E-state index in [1.165, 1.54) is 39.8 Å². The molecule has 30 heavy (non-hydrogen) atoms. The summed E-state index contributed by atoms with van der Waals surface area (Å²) in [5.41, 5.74) is 3.69. The average Bonchev–Trinajstić information content (AvgIpc) is 3.26. The van der Waals surface area contributed by atoms with Crippen LogP contribution >= 0.6 is 23.1 Å². The van der Waals surface area contributed by atoms with Gasteiger partial charge in [-0.3, -0.25) is 0 Å². The Labute approximate surface area is 180 Å². The molecule has 2 aliphatic rings. The maximum Gasteiger partial charge on any atom is 0.420 e. The van der Waals surface area contributed by atoms with Gasteiger partial charge >= 0.3 is 6.18 Å². The molecule has 1 saturated carbocycles. The number of aromatic nitrogens is 2. The first-order chi connectivity index (χ1) is 14.4. The van der Waals surface area contributed by atoms with E-state index in [2.05, 4.69) is 32.7 Å². The number of hydrogen-bond donors (Lipinski definition) is 2. The van der Waals surface area contributed by atoms with Crippen molar-refractivity contribution in [1.82, 2.24) is 15.3 Å². The zero-order valence-electron chi connectivity index (χ0n) is 16.1. The molecule has 9 heteroatoms. The van der Waals surface area contributed by atoms with Gasteiger partial charge in [0.25, 0.3) is 0 Å². The quantitative estimate of drug-likeness (QED) is 0.457. The molecule has 1 fully saturated rings. The van der Waals surface area contributed by atoms with Crippen molar-refractivity contribution in [2.75, 3.05) is 11.6 Å². The highest BCUT2D eigenvalue weighted by Crippen LogP contribution is 2.46. The van der Waals surface area contributed by atoms with Crippen molar-refractivity contribution in [3.8, 4) is 10.6 Å². The molecule has 2 N–H and O–H groups in total. The van der Waals surface area contributed by atoms with Gasteiger partial charge in [0, 0.05) is 35.2 Å². The van der Waals surface area contributed by atoms with Crippen LogP contribution in [0.25, 0.3) is 10.6 Å². The van der Waals surface area contributed by atoms with Crippen molar-refractivity contribution in [2.24, 2.45) is 0 Å². The largest absolute Gasteiger partial charge is 0.420 e. The molecule has 156 valence electrons. The predicted octanol–water partition coefficient (Wildman–Crippen LogP) is 6.17. The van der Waals surface area contributed by atoms with Crippen molar-refractivity contribution in [1.29, 1.82) is 0 Å². The van der Waals surface area contributed by atoms with E-state index in [0.29, 0.717) is 10.8 Å². The van der Waals surface area contributed by atoms with Gasteiger partial charge in [-0.05, 0) is 53.8 Å². The summed E-state index contributed by atoms with van der Waals surface area (Å²) in [7, 11) is 0. The molecule has 0 radical (unpaired) electrons. The fraction of sp³-hybridized carbons (Fsp3) is 0.333. The molecule has 0 saturated heterocycles. The van der Waals surface area contributed by atoms with Crippen molar-refractivity contribution < 1.29 is 13.2 Å². The fourth-order valence-electron chi connectivity index (χ4n) is 3.72. The van der Waals surface area contributed by atoms with Gasteiger partial charge in [-0.1, -0.05) is 6.07 Å². The highest BCUT2D eigenvalue weighted by Gasteiger charge is 2.36. The van der Waals surface area contributed by atoms with Gasteiger partial charge in [-0.25, -0.2) is 9.97 Å². The molecule has 0 unspecified atom stereocenters. The van der Waals surface area contributed by atoms with E-state index in [1.807, 2.05) is 11.6 Å². The second-order valence-corrected chi connectivity index (χ2v) is 9.31. The van der Waals surface area contributed by atoms with Crippen LogP contribution < -0.4 is 10.6 Å². The Balaban J connectivity index is 1.55. The maximum absolute atomic E-state index is 13.6. The molecule has 5 rings (SSSR count). The summed E-state index contributed by atoms with van der Waals surface area (Å²) < 4.78 is 40.8. The van der Waals surface area contributed by atoms with Gasteiger partial charge in [0.2, 0.25) is 5.95 Å². The molecule has 0 spiro atoms. The molecule has 0 bridgehead atoms. The van der Waals surface area contributed by atoms with E-state index in [-0.39, 0.29) is 11.6 Å². The van der Waals surface area contributed by atoms with Crippen LogP contribution in [0.3, 0.4) is 0 Å². The van der Waals surface area contributed by atoms with Crippen LogP contribution in [0.2, 0.25) is 0 Å². The number of halogens is 3. The number of fused-ring (bicyclic) bond motifs is 1. The summed E-state index contributed by atoms with van der Waals surface area (Å²) in [6.07, 6.45) is 0.523. The highest BCUT2D eigenvalue weighted by molar-refractivity contribution is 7.98. The normalized spacial score (nSPS) is 16.0. The van der Waals surface area contributed by atoms with Crippen molar-refractivity contribution in [3.05, 3.63) is 52.0 Å². The third kappa shape index (κ3) is 3.81. The smallest absolute Gasteiger partial charge is 0.324 e. The SMILES string of the molecule is CSc1csc(-c2nc(Nc3cc4c(cc3C3CC3)CNC4)ncc2C(F)(F)F)c1. The van der Waals surface area contributed by atoms with E-state index in [0.717, 1.165) is 42.7 Å². The minimum atomic E-state index is -4.52. The summed E-state index contributed by atoms with van der Waals surface area (Å²) in [6.45, 7) is 1.65. The summed E-state index contributed by atoms with van der Waals surface area (Å²) in [5, 5.41) is 8.40. The standard InChI is InChI=1S/C21H19F3N4S2/c1-29-14-6-18(30-10-14)19-16(21(22,23)24)9-26-20(28-19)27-17-5-13-8-25-7-12(13)4-15(17)11-2-3-11/h4-6,9-11,25H,2-3,7-8H2,1H3,(H,26,27,28). The zero-order valence-corrected chi connectivity index (χ0v) is 17.8. The van der Waals surface area contributed by atoms with Crippen LogP contribution in [0.5, 0.6) is 0 Å². The fourth-order valence-corrected chi connectivity index (χ4v) is 5.33. The van der Waals surface area contributed by atoms with E-state index >= 15 is 0 Å². The van der Waals surface area contributed by atoms with Crippen molar-refractivity contribution >= 4 is 34.7 Å². The van der Waals surface area contributed by atoms with Gasteiger partial charge in [0.05, 0.1) is 10.6 Å². The molecular weight excluding hydrogens is 429 g/mol. The summed E-state index contributed by atoms with van der Waals surface area (Å²) >= 11 is 2.75. The van der Waals surface area contributed by atoms with Crippen LogP contribution in [0.15, 0.2) is 34.7 Å². The highest BCUT2D eigenvalue weighted by atomic mass is 32.2. The van der Waals surface area contributed by atoms with Gasteiger partial charge < -0.3 is 10.6 Å². The molecule has 2 aromatic heterocycles. The molecule has 1 aromatic carbocycles. The number of nitrogens with zero attached hydrogens (tertiary/aromatic N) is 2. The van der Waals surface area contributed by atoms with E-state index in [1.54, 1.807) is 6.07 Å². The first kappa shape index (κ1) is 19.8. The summed E-state index contributed by atoms with van der Waals surface area (Å²) in [6, 6.07) is 6.04. The number of rotatable bonds is 5. The van der Waals surface area contributed by atoms with Crippen LogP contribution in [0, 0.1) is 0 Å². The lowest BCUT2D eigenvalue weighted by Crippen LogP contribution is -2.11. The Bertz CT molecular complexity index is 1110. The average molecular weight is 449 g/mol. The molecular formula is C21H19F3N4S2. The lowest BCUT2D eigenvalue weighted by molar-refractivity contribution is -0.137. The Hall–Kier alpha value is -2.10. The Morgan fingerprint density at radius 3 is 2.60 bits per heavy atom. The van der Waals surface area contributed by atoms with Crippen LogP contribution in [-0.4, -0.2) is 16.2 Å². The van der Waals surface area contributed by atoms with Gasteiger partial charge in [0.1, 0.15) is 5.56 Å². The van der Waals surface area contributed by atoms with Gasteiger partial charge in [-0.2, -0.15) is 13.2 Å². The molecule has 1 aliphatic heterocycles. The number of nitrogens with one attached hydrogen (secondary N) is 2. The van der Waals surface area contributed by atoms with Crippen LogP contribution in [0.1, 0.15) is 41.0 Å². The van der Waals surface area contributed by atoms with Crippen molar-refractivity contribution in [3.63, 3.8) is 0 Å². The lowest BCUT2D eigenvalue weighted by Gasteiger charge is -2.15. The lowest BCUT2D eigenvalue weighted by atomic mass is 10.0.